The number of hydrogen-bond acceptors (Lipinski definition) is 2. The van der Waals surface area contributed by atoms with E-state index in [-0.39, 0.29) is 11.9 Å². The average Bonchev–Trinajstić information content (AvgIpc) is 2.46. The lowest BCUT2D eigenvalue weighted by atomic mass is 10.1. The molecule has 0 amide bonds. The van der Waals surface area contributed by atoms with Crippen molar-refractivity contribution >= 4 is 5.69 Å². The maximum absolute atomic E-state index is 13.8. The van der Waals surface area contributed by atoms with Crippen LogP contribution in [0, 0.1) is 5.82 Å². The van der Waals surface area contributed by atoms with Crippen molar-refractivity contribution in [1.29, 1.82) is 0 Å². The molecular formula is C16H19FN2. The van der Waals surface area contributed by atoms with Crippen molar-refractivity contribution < 1.29 is 4.39 Å². The van der Waals surface area contributed by atoms with E-state index in [4.69, 9.17) is 5.73 Å². The Morgan fingerprint density at radius 1 is 1.16 bits per heavy atom. The summed E-state index contributed by atoms with van der Waals surface area (Å²) in [7, 11) is 1.97. The molecule has 2 aromatic carbocycles. The summed E-state index contributed by atoms with van der Waals surface area (Å²) < 4.78 is 13.8. The smallest absolute Gasteiger partial charge is 0.128 e. The lowest BCUT2D eigenvalue weighted by molar-refractivity contribution is 0.585. The Morgan fingerprint density at radius 2 is 1.89 bits per heavy atom. The van der Waals surface area contributed by atoms with Gasteiger partial charge in [-0.2, -0.15) is 0 Å². The third-order valence-electron chi connectivity index (χ3n) is 3.49. The van der Waals surface area contributed by atoms with Crippen LogP contribution in [0.5, 0.6) is 0 Å². The maximum atomic E-state index is 13.8. The largest absolute Gasteiger partial charge is 0.368 e. The number of rotatable bonds is 4. The Bertz CT molecular complexity index is 554. The summed E-state index contributed by atoms with van der Waals surface area (Å²) >= 11 is 0. The van der Waals surface area contributed by atoms with Crippen molar-refractivity contribution in [3.63, 3.8) is 0 Å². The van der Waals surface area contributed by atoms with Crippen LogP contribution in [0.15, 0.2) is 48.5 Å². The van der Waals surface area contributed by atoms with Crippen molar-refractivity contribution in [1.82, 2.24) is 0 Å². The first-order valence-electron chi connectivity index (χ1n) is 6.39. The van der Waals surface area contributed by atoms with Gasteiger partial charge in [0.05, 0.1) is 6.04 Å². The number of benzene rings is 2. The fraction of sp³-hybridized carbons (Fsp3) is 0.250. The fourth-order valence-electron chi connectivity index (χ4n) is 2.15. The summed E-state index contributed by atoms with van der Waals surface area (Å²) in [5.74, 6) is -0.170. The van der Waals surface area contributed by atoms with Crippen LogP contribution in [0.3, 0.4) is 0 Å². The molecule has 0 aromatic heterocycles. The highest BCUT2D eigenvalue weighted by molar-refractivity contribution is 5.50. The number of nitrogens with two attached hydrogens (primary N) is 1. The van der Waals surface area contributed by atoms with Crippen molar-refractivity contribution in [2.45, 2.75) is 19.5 Å². The molecule has 19 heavy (non-hydrogen) atoms. The predicted octanol–water partition coefficient (Wildman–Crippen LogP) is 3.48. The molecule has 0 radical (unpaired) electrons. The Hall–Kier alpha value is -1.87. The molecule has 0 aliphatic rings. The van der Waals surface area contributed by atoms with E-state index in [1.807, 2.05) is 50.4 Å². The Kier molecular flexibility index (Phi) is 4.17. The van der Waals surface area contributed by atoms with Gasteiger partial charge in [0.15, 0.2) is 0 Å². The monoisotopic (exact) mass is 258 g/mol. The van der Waals surface area contributed by atoms with Crippen LogP contribution in [-0.2, 0) is 6.54 Å². The van der Waals surface area contributed by atoms with E-state index >= 15 is 0 Å². The number of halogens is 1. The zero-order valence-electron chi connectivity index (χ0n) is 11.3. The third-order valence-corrected chi connectivity index (χ3v) is 3.49. The summed E-state index contributed by atoms with van der Waals surface area (Å²) in [6.07, 6.45) is 0. The molecule has 1 atom stereocenters. The first-order chi connectivity index (χ1) is 9.13. The van der Waals surface area contributed by atoms with Crippen LogP contribution in [-0.4, -0.2) is 7.05 Å². The van der Waals surface area contributed by atoms with Gasteiger partial charge in [0.1, 0.15) is 5.82 Å². The lowest BCUT2D eigenvalue weighted by Crippen LogP contribution is -2.22. The Balaban J connectivity index is 2.28. The van der Waals surface area contributed by atoms with Gasteiger partial charge in [0, 0.05) is 24.8 Å². The molecule has 0 bridgehead atoms. The zero-order valence-corrected chi connectivity index (χ0v) is 11.3. The van der Waals surface area contributed by atoms with E-state index < -0.39 is 0 Å². The van der Waals surface area contributed by atoms with E-state index in [0.29, 0.717) is 12.1 Å². The van der Waals surface area contributed by atoms with E-state index in [9.17, 15) is 4.39 Å². The molecule has 1 unspecified atom stereocenters. The highest BCUT2D eigenvalue weighted by Crippen LogP contribution is 2.27. The van der Waals surface area contributed by atoms with Crippen LogP contribution in [0.1, 0.15) is 24.1 Å². The second kappa shape index (κ2) is 5.85. The van der Waals surface area contributed by atoms with Crippen LogP contribution in [0.2, 0.25) is 0 Å². The summed E-state index contributed by atoms with van der Waals surface area (Å²) in [6.45, 7) is 2.50. The quantitative estimate of drug-likeness (QED) is 0.909. The lowest BCUT2D eigenvalue weighted by Gasteiger charge is -2.28. The van der Waals surface area contributed by atoms with E-state index in [1.165, 1.54) is 6.07 Å². The van der Waals surface area contributed by atoms with Gasteiger partial charge in [-0.05, 0) is 30.7 Å². The standard InChI is InChI=1S/C16H19FN2/c1-12(15-8-3-4-9-16(15)17)19(2)14-7-5-6-13(10-14)11-18/h3-10,12H,11,18H2,1-2H3. The Morgan fingerprint density at radius 3 is 2.58 bits per heavy atom. The predicted molar refractivity (Wildman–Crippen MR) is 77.6 cm³/mol. The molecule has 2 rings (SSSR count). The zero-order chi connectivity index (χ0) is 13.8. The molecule has 0 aliphatic heterocycles. The minimum Gasteiger partial charge on any atom is -0.368 e. The molecule has 0 spiro atoms. The second-order valence-corrected chi connectivity index (χ2v) is 4.68. The Labute approximate surface area is 113 Å². The number of anilines is 1. The van der Waals surface area contributed by atoms with Gasteiger partial charge in [-0.15, -0.1) is 0 Å². The first-order valence-corrected chi connectivity index (χ1v) is 6.39. The molecular weight excluding hydrogens is 239 g/mol. The molecule has 2 N–H and O–H groups in total. The third kappa shape index (κ3) is 2.93. The number of nitrogens with zero attached hydrogens (tertiary/aromatic N) is 1. The summed E-state index contributed by atoms with van der Waals surface area (Å²) in [6, 6.07) is 14.9. The van der Waals surface area contributed by atoms with Crippen LogP contribution >= 0.6 is 0 Å². The molecule has 0 saturated carbocycles. The molecule has 0 fully saturated rings. The summed E-state index contributed by atoms with van der Waals surface area (Å²) in [5, 5.41) is 0. The van der Waals surface area contributed by atoms with Crippen molar-refractivity contribution in [3.05, 3.63) is 65.5 Å². The van der Waals surface area contributed by atoms with Crippen LogP contribution in [0.4, 0.5) is 10.1 Å². The van der Waals surface area contributed by atoms with Crippen molar-refractivity contribution in [2.24, 2.45) is 5.73 Å². The molecule has 100 valence electrons. The summed E-state index contributed by atoms with van der Waals surface area (Å²) in [5.41, 5.74) is 8.46. The van der Waals surface area contributed by atoms with E-state index in [1.54, 1.807) is 6.07 Å². The molecule has 3 heteroatoms. The first kappa shape index (κ1) is 13.6. The van der Waals surface area contributed by atoms with Gasteiger partial charge >= 0.3 is 0 Å². The SMILES string of the molecule is CC(c1ccccc1F)N(C)c1cccc(CN)c1. The molecule has 0 saturated heterocycles. The fourth-order valence-corrected chi connectivity index (χ4v) is 2.15. The minimum atomic E-state index is -0.170. The van der Waals surface area contributed by atoms with Crippen molar-refractivity contribution in [2.75, 3.05) is 11.9 Å². The molecule has 0 aliphatic carbocycles. The normalized spacial score (nSPS) is 12.2. The van der Waals surface area contributed by atoms with E-state index in [0.717, 1.165) is 11.3 Å². The van der Waals surface area contributed by atoms with Gasteiger partial charge in [-0.3, -0.25) is 0 Å². The van der Waals surface area contributed by atoms with Gasteiger partial charge < -0.3 is 10.6 Å². The van der Waals surface area contributed by atoms with Gasteiger partial charge in [0.25, 0.3) is 0 Å². The highest BCUT2D eigenvalue weighted by atomic mass is 19.1. The maximum Gasteiger partial charge on any atom is 0.128 e. The minimum absolute atomic E-state index is 0.0331. The summed E-state index contributed by atoms with van der Waals surface area (Å²) in [4.78, 5) is 2.05. The average molecular weight is 258 g/mol. The van der Waals surface area contributed by atoms with E-state index in [2.05, 4.69) is 4.90 Å². The molecule has 2 nitrogen and oxygen atoms in total. The van der Waals surface area contributed by atoms with Crippen LogP contribution in [0.25, 0.3) is 0 Å². The van der Waals surface area contributed by atoms with Gasteiger partial charge in [0.2, 0.25) is 0 Å². The van der Waals surface area contributed by atoms with Crippen LogP contribution < -0.4 is 10.6 Å². The van der Waals surface area contributed by atoms with Gasteiger partial charge in [-0.1, -0.05) is 30.3 Å². The topological polar surface area (TPSA) is 29.3 Å². The molecule has 2 aromatic rings. The van der Waals surface area contributed by atoms with Gasteiger partial charge in [-0.25, -0.2) is 4.39 Å². The molecule has 0 heterocycles. The second-order valence-electron chi connectivity index (χ2n) is 4.68. The van der Waals surface area contributed by atoms with Crippen molar-refractivity contribution in [3.8, 4) is 0 Å². The number of hydrogen-bond donors (Lipinski definition) is 1. The highest BCUT2D eigenvalue weighted by Gasteiger charge is 2.15.